The van der Waals surface area contributed by atoms with E-state index in [0.717, 1.165) is 86.9 Å². The number of aliphatic hydroxyl groups is 2. The minimum absolute atomic E-state index is 0.00822. The van der Waals surface area contributed by atoms with Gasteiger partial charge < -0.3 is 46.9 Å². The number of hydrogen-bond donors (Lipinski definition) is 3. The summed E-state index contributed by atoms with van der Waals surface area (Å²) in [6, 6.07) is 128. The largest absolute Gasteiger partial charge is 0.416 e. The van der Waals surface area contributed by atoms with Crippen LogP contribution in [-0.4, -0.2) is 58.4 Å². The molecular formula is C102H67IN10O4. The van der Waals surface area contributed by atoms with Crippen LogP contribution >= 0.6 is 22.6 Å². The number of para-hydroxylation sites is 8. The Bertz CT molecular complexity index is 7510. The molecule has 0 aliphatic rings. The maximum absolute atomic E-state index is 9.69. The third kappa shape index (κ3) is 11.8. The zero-order valence-corrected chi connectivity index (χ0v) is 64.8. The molecule has 0 aliphatic carbocycles. The smallest absolute Gasteiger partial charge is 0.248 e. The lowest BCUT2D eigenvalue weighted by molar-refractivity contribution is 0.281. The van der Waals surface area contributed by atoms with Gasteiger partial charge in [0.15, 0.2) is 0 Å². The Balaban J connectivity index is 0.000000120. The predicted molar refractivity (Wildman–Crippen MR) is 482 cm³/mol. The van der Waals surface area contributed by atoms with Gasteiger partial charge in [-0.2, -0.15) is 0 Å². The Morgan fingerprint density at radius 1 is 0.231 bits per heavy atom. The van der Waals surface area contributed by atoms with Crippen LogP contribution < -0.4 is 0 Å². The Labute approximate surface area is 682 Å². The molecule has 0 unspecified atom stereocenters. The summed E-state index contributed by atoms with van der Waals surface area (Å²) in [5.74, 6) is 1.78. The van der Waals surface area contributed by atoms with Gasteiger partial charge in [0.25, 0.3) is 0 Å². The molecule has 0 spiro atoms. The van der Waals surface area contributed by atoms with E-state index in [2.05, 4.69) is 350 Å². The zero-order valence-electron chi connectivity index (χ0n) is 62.7. The van der Waals surface area contributed by atoms with Crippen LogP contribution in [0.1, 0.15) is 11.1 Å². The summed E-state index contributed by atoms with van der Waals surface area (Å²) in [6.45, 7) is -0.0679. The molecule has 0 saturated carbocycles. The molecule has 14 nitrogen and oxygen atoms in total. The summed E-state index contributed by atoms with van der Waals surface area (Å²) < 4.78 is 24.9. The summed E-state index contributed by atoms with van der Waals surface area (Å²) in [4.78, 5) is 3.65. The number of fused-ring (bicyclic) bond motifs is 18. The number of rotatable bonds is 11. The van der Waals surface area contributed by atoms with E-state index in [1.165, 1.54) is 109 Å². The van der Waals surface area contributed by atoms with Crippen molar-refractivity contribution in [3.05, 3.63) is 379 Å². The Hall–Kier alpha value is -14.8. The molecule has 3 N–H and O–H groups in total. The van der Waals surface area contributed by atoms with Crippen molar-refractivity contribution in [3.63, 3.8) is 0 Å². The lowest BCUT2D eigenvalue weighted by Gasteiger charge is -2.11. The molecule has 24 aromatic rings. The zero-order chi connectivity index (χ0) is 77.8. The van der Waals surface area contributed by atoms with Crippen LogP contribution in [0, 0.1) is 3.57 Å². The fourth-order valence-corrected chi connectivity index (χ4v) is 18.0. The third-order valence-electron chi connectivity index (χ3n) is 22.6. The molecule has 0 atom stereocenters. The average molecular weight is 1620 g/mol. The van der Waals surface area contributed by atoms with Gasteiger partial charge in [-0.15, -0.1) is 20.4 Å². The number of benzene rings is 16. The molecule has 0 radical (unpaired) electrons. The van der Waals surface area contributed by atoms with Crippen LogP contribution in [0.2, 0.25) is 0 Å². The van der Waals surface area contributed by atoms with E-state index in [1.54, 1.807) is 0 Å². The molecular weight excluding hydrogens is 1560 g/mol. The van der Waals surface area contributed by atoms with E-state index in [4.69, 9.17) is 13.9 Å². The Kier molecular flexibility index (Phi) is 16.8. The first-order chi connectivity index (χ1) is 57.8. The van der Waals surface area contributed by atoms with E-state index in [0.29, 0.717) is 23.6 Å². The van der Waals surface area contributed by atoms with Gasteiger partial charge in [-0.25, -0.2) is 0 Å². The molecule has 15 heteroatoms. The first kappa shape index (κ1) is 69.0. The lowest BCUT2D eigenvalue weighted by atomic mass is 10.1. The molecule has 0 aliphatic heterocycles. The maximum atomic E-state index is 9.69. The highest BCUT2D eigenvalue weighted by Crippen LogP contribution is 2.43. The van der Waals surface area contributed by atoms with Crippen LogP contribution in [0.5, 0.6) is 0 Å². The molecule has 0 bridgehead atoms. The summed E-state index contributed by atoms with van der Waals surface area (Å²) in [6.07, 6.45) is 0. The lowest BCUT2D eigenvalue weighted by Crippen LogP contribution is -1.96. The third-order valence-corrected chi connectivity index (χ3v) is 23.3. The Morgan fingerprint density at radius 2 is 0.487 bits per heavy atom. The van der Waals surface area contributed by atoms with Crippen molar-refractivity contribution < 1.29 is 19.0 Å². The normalized spacial score (nSPS) is 11.8. The number of nitrogens with one attached hydrogen (secondary N) is 1. The van der Waals surface area contributed by atoms with Gasteiger partial charge in [-0.1, -0.05) is 182 Å². The molecule has 16 aromatic carbocycles. The van der Waals surface area contributed by atoms with Crippen molar-refractivity contribution >= 4 is 153 Å². The van der Waals surface area contributed by atoms with E-state index in [-0.39, 0.29) is 13.2 Å². The molecule has 556 valence electrons. The second-order valence-electron chi connectivity index (χ2n) is 29.4. The minimum Gasteiger partial charge on any atom is -0.416 e. The molecule has 0 saturated heterocycles. The first-order valence-electron chi connectivity index (χ1n) is 38.8. The van der Waals surface area contributed by atoms with Gasteiger partial charge in [0, 0.05) is 130 Å². The highest BCUT2D eigenvalue weighted by molar-refractivity contribution is 14.1. The number of H-pyrrole nitrogens is 1. The minimum atomic E-state index is -0.0596. The molecule has 0 fully saturated rings. The van der Waals surface area contributed by atoms with Gasteiger partial charge in [-0.05, 0) is 216 Å². The van der Waals surface area contributed by atoms with Crippen LogP contribution in [0.4, 0.5) is 0 Å². The topological polar surface area (TPSA) is 159 Å². The number of nitrogens with zero attached hydrogens (tertiary/aromatic N) is 9. The van der Waals surface area contributed by atoms with Crippen LogP contribution in [0.25, 0.3) is 205 Å². The van der Waals surface area contributed by atoms with Crippen molar-refractivity contribution in [3.8, 4) is 74.3 Å². The molecule has 8 heterocycles. The summed E-state index contributed by atoms with van der Waals surface area (Å²) in [5.41, 5.74) is 24.5. The van der Waals surface area contributed by atoms with Crippen LogP contribution in [0.3, 0.4) is 0 Å². The standard InChI is InChI=1S/C51H33N5O2.C36H23N3.C15H11IN2O2/c57-31-32-11-9-12-33(27-32)50-52-53-51(58-50)34-13-10-14-35(28-34)54-48-25-23-36(55-44-19-5-1-15-38(44)39-16-2-6-20-45(39)55)29-42(48)43-30-37(24-26-49(43)54)56-46-21-7-3-17-40(46)41-18-4-8-22-47(41)56;1-5-13-33-25(9-1)26-10-2-6-14-34(26)38(33)23-17-19-31-29(21-23)30-22-24(18-20-32(30)37-31)39-35-15-7-3-11-27(35)28-12-4-8-16-36(28)39;16-13-6-2-5-12(8-13)15-18-17-14(20-15)11-4-1-3-10(7-11)9-19/h1-30,57H,31H2;1-22,37H;1-8,19H,9H2. The van der Waals surface area contributed by atoms with Gasteiger partial charge in [0.2, 0.25) is 23.6 Å². The van der Waals surface area contributed by atoms with Crippen molar-refractivity contribution in [1.82, 2.24) is 48.2 Å². The van der Waals surface area contributed by atoms with Crippen molar-refractivity contribution in [2.24, 2.45) is 0 Å². The average Bonchev–Trinajstić information content (AvgIpc) is 1.57. The number of aliphatic hydroxyl groups excluding tert-OH is 2. The SMILES string of the molecule is OCc1cccc(-c2nnc(-c3cccc(-n4c5ccc(-n6c7ccccc7c7ccccc76)cc5c5cc(-n6c7ccccc7c7ccccc76)ccc54)c3)o2)c1.OCc1cccc(-c2nnc(-c3cccc(I)c3)o2)c1.c1ccc2c(c1)c1ccccc1n2-c1ccc2[nH]c3ccc(-n4c5ccccc5c5ccccc54)cc3c2c1. The molecule has 24 rings (SSSR count). The highest BCUT2D eigenvalue weighted by Gasteiger charge is 2.23. The van der Waals surface area contributed by atoms with E-state index >= 15 is 0 Å². The molecule has 8 aromatic heterocycles. The number of aromatic amines is 1. The second-order valence-corrected chi connectivity index (χ2v) is 30.6. The van der Waals surface area contributed by atoms with Crippen molar-refractivity contribution in [2.75, 3.05) is 0 Å². The van der Waals surface area contributed by atoms with Gasteiger partial charge in [0.1, 0.15) is 0 Å². The fraction of sp³-hybridized carbons (Fsp3) is 0.0196. The second kappa shape index (κ2) is 28.4. The van der Waals surface area contributed by atoms with Gasteiger partial charge >= 0.3 is 0 Å². The number of halogens is 1. The molecule has 117 heavy (non-hydrogen) atoms. The van der Waals surface area contributed by atoms with Crippen molar-refractivity contribution in [2.45, 2.75) is 13.2 Å². The Morgan fingerprint density at radius 3 is 0.803 bits per heavy atom. The monoisotopic (exact) mass is 1620 g/mol. The van der Waals surface area contributed by atoms with Gasteiger partial charge in [0.05, 0.1) is 68.4 Å². The predicted octanol–water partition coefficient (Wildman–Crippen LogP) is 25.2. The quantitative estimate of drug-likeness (QED) is 0.108. The van der Waals surface area contributed by atoms with E-state index in [9.17, 15) is 5.11 Å². The molecule has 0 amide bonds. The van der Waals surface area contributed by atoms with Crippen molar-refractivity contribution in [1.29, 1.82) is 0 Å². The fourth-order valence-electron chi connectivity index (χ4n) is 17.4. The summed E-state index contributed by atoms with van der Waals surface area (Å²) in [5, 5.41) is 50.6. The summed E-state index contributed by atoms with van der Waals surface area (Å²) >= 11 is 2.24. The van der Waals surface area contributed by atoms with Crippen LogP contribution in [-0.2, 0) is 13.2 Å². The highest BCUT2D eigenvalue weighted by atomic mass is 127. The number of aromatic nitrogens is 10. The summed E-state index contributed by atoms with van der Waals surface area (Å²) in [7, 11) is 0. The maximum Gasteiger partial charge on any atom is 0.248 e. The van der Waals surface area contributed by atoms with Crippen LogP contribution in [0.15, 0.2) is 373 Å². The van der Waals surface area contributed by atoms with E-state index in [1.807, 2.05) is 84.9 Å². The van der Waals surface area contributed by atoms with E-state index < -0.39 is 0 Å². The first-order valence-corrected chi connectivity index (χ1v) is 39.9. The number of hydrogen-bond acceptors (Lipinski definition) is 8. The van der Waals surface area contributed by atoms with Gasteiger partial charge in [-0.3, -0.25) is 0 Å².